The number of aryl methyl sites for hydroxylation is 2. The van der Waals surface area contributed by atoms with Gasteiger partial charge in [0, 0.05) is 35.1 Å². The monoisotopic (exact) mass is 286 g/mol. The van der Waals surface area contributed by atoms with E-state index in [0.717, 1.165) is 34.5 Å². The fourth-order valence-electron chi connectivity index (χ4n) is 2.31. The van der Waals surface area contributed by atoms with Crippen molar-refractivity contribution in [3.05, 3.63) is 52.4 Å². The Bertz CT molecular complexity index is 744. The van der Waals surface area contributed by atoms with Crippen molar-refractivity contribution in [2.45, 2.75) is 20.4 Å². The molecule has 0 radical (unpaired) electrons. The van der Waals surface area contributed by atoms with Crippen LogP contribution in [-0.2, 0) is 6.54 Å². The van der Waals surface area contributed by atoms with Gasteiger partial charge in [-0.2, -0.15) is 5.10 Å². The fourth-order valence-corrected chi connectivity index (χ4v) is 2.52. The molecule has 5 heteroatoms. The normalized spacial score (nSPS) is 10.9. The van der Waals surface area contributed by atoms with Crippen molar-refractivity contribution < 1.29 is 0 Å². The topological polar surface area (TPSA) is 53.6 Å². The summed E-state index contributed by atoms with van der Waals surface area (Å²) in [5, 5.41) is 12.3. The first-order valence-electron chi connectivity index (χ1n) is 6.44. The molecule has 2 aromatic heterocycles. The molecule has 0 amide bonds. The zero-order chi connectivity index (χ0) is 14.1. The third-order valence-corrected chi connectivity index (χ3v) is 3.76. The summed E-state index contributed by atoms with van der Waals surface area (Å²) in [6, 6.07) is 7.79. The summed E-state index contributed by atoms with van der Waals surface area (Å²) in [6.07, 6.45) is 1.75. The molecule has 4 nitrogen and oxygen atoms in total. The van der Waals surface area contributed by atoms with Gasteiger partial charge in [-0.3, -0.25) is 10.1 Å². The van der Waals surface area contributed by atoms with Crippen LogP contribution < -0.4 is 5.32 Å². The van der Waals surface area contributed by atoms with Gasteiger partial charge in [0.25, 0.3) is 0 Å². The number of benzene rings is 1. The SMILES string of the molecule is Cc1n[nH]c(C)c1CNc1ccc(Cl)c2ncccc12. The standard InChI is InChI=1S/C15H15ClN4/c1-9-12(10(2)20-19-9)8-18-14-6-5-13(16)15-11(14)4-3-7-17-15/h3-7,18H,8H2,1-2H3,(H,19,20). The highest BCUT2D eigenvalue weighted by Gasteiger charge is 2.08. The number of hydrogen-bond acceptors (Lipinski definition) is 3. The summed E-state index contributed by atoms with van der Waals surface area (Å²) >= 11 is 6.17. The molecule has 0 saturated heterocycles. The fraction of sp³-hybridized carbons (Fsp3) is 0.200. The van der Waals surface area contributed by atoms with Gasteiger partial charge >= 0.3 is 0 Å². The molecule has 0 unspecified atom stereocenters. The number of rotatable bonds is 3. The molecule has 0 atom stereocenters. The number of pyridine rings is 1. The minimum atomic E-state index is 0.668. The second-order valence-electron chi connectivity index (χ2n) is 4.76. The third-order valence-electron chi connectivity index (χ3n) is 3.46. The number of H-pyrrole nitrogens is 1. The molecule has 20 heavy (non-hydrogen) atoms. The molecule has 102 valence electrons. The van der Waals surface area contributed by atoms with Crippen molar-refractivity contribution in [3.63, 3.8) is 0 Å². The number of fused-ring (bicyclic) bond motifs is 1. The first kappa shape index (κ1) is 12.9. The highest BCUT2D eigenvalue weighted by atomic mass is 35.5. The van der Waals surface area contributed by atoms with Crippen molar-refractivity contribution >= 4 is 28.2 Å². The van der Waals surface area contributed by atoms with Crippen LogP contribution in [0.25, 0.3) is 10.9 Å². The van der Waals surface area contributed by atoms with Gasteiger partial charge in [0.1, 0.15) is 0 Å². The number of halogens is 1. The largest absolute Gasteiger partial charge is 0.380 e. The Kier molecular flexibility index (Phi) is 3.32. The molecular formula is C15H15ClN4. The number of nitrogens with zero attached hydrogens (tertiary/aromatic N) is 2. The average Bonchev–Trinajstić information content (AvgIpc) is 2.78. The van der Waals surface area contributed by atoms with E-state index in [9.17, 15) is 0 Å². The van der Waals surface area contributed by atoms with Crippen LogP contribution in [0, 0.1) is 13.8 Å². The van der Waals surface area contributed by atoms with Crippen LogP contribution in [0.15, 0.2) is 30.5 Å². The van der Waals surface area contributed by atoms with E-state index in [2.05, 4.69) is 20.5 Å². The van der Waals surface area contributed by atoms with Crippen molar-refractivity contribution in [3.8, 4) is 0 Å². The lowest BCUT2D eigenvalue weighted by atomic mass is 10.1. The van der Waals surface area contributed by atoms with Crippen LogP contribution in [-0.4, -0.2) is 15.2 Å². The van der Waals surface area contributed by atoms with Crippen molar-refractivity contribution in [1.29, 1.82) is 0 Å². The van der Waals surface area contributed by atoms with E-state index in [-0.39, 0.29) is 0 Å². The van der Waals surface area contributed by atoms with Crippen LogP contribution in [0.3, 0.4) is 0 Å². The van der Waals surface area contributed by atoms with Gasteiger partial charge in [0.05, 0.1) is 16.2 Å². The summed E-state index contributed by atoms with van der Waals surface area (Å²) < 4.78 is 0. The molecule has 0 saturated carbocycles. The first-order valence-corrected chi connectivity index (χ1v) is 6.82. The van der Waals surface area contributed by atoms with Crippen LogP contribution >= 0.6 is 11.6 Å². The van der Waals surface area contributed by atoms with Gasteiger partial charge in [-0.05, 0) is 38.1 Å². The van der Waals surface area contributed by atoms with Gasteiger partial charge in [-0.25, -0.2) is 0 Å². The molecule has 0 fully saturated rings. The maximum Gasteiger partial charge on any atom is 0.0908 e. The van der Waals surface area contributed by atoms with Gasteiger partial charge in [-0.1, -0.05) is 11.6 Å². The van der Waals surface area contributed by atoms with E-state index in [1.165, 1.54) is 5.56 Å². The lowest BCUT2D eigenvalue weighted by Crippen LogP contribution is -2.02. The summed E-state index contributed by atoms with van der Waals surface area (Å²) in [5.74, 6) is 0. The number of aromatic nitrogens is 3. The second-order valence-corrected chi connectivity index (χ2v) is 5.17. The van der Waals surface area contributed by atoms with Crippen LogP contribution in [0.1, 0.15) is 17.0 Å². The van der Waals surface area contributed by atoms with Gasteiger partial charge in [0.2, 0.25) is 0 Å². The maximum atomic E-state index is 6.17. The Morgan fingerprint density at radius 1 is 1.25 bits per heavy atom. The third kappa shape index (κ3) is 2.23. The van der Waals surface area contributed by atoms with E-state index >= 15 is 0 Å². The van der Waals surface area contributed by atoms with E-state index in [0.29, 0.717) is 5.02 Å². The van der Waals surface area contributed by atoms with Crippen molar-refractivity contribution in [2.24, 2.45) is 0 Å². The minimum Gasteiger partial charge on any atom is -0.380 e. The van der Waals surface area contributed by atoms with E-state index in [4.69, 9.17) is 11.6 Å². The Labute approximate surface area is 122 Å². The smallest absolute Gasteiger partial charge is 0.0908 e. The van der Waals surface area contributed by atoms with Crippen LogP contribution in [0.5, 0.6) is 0 Å². The number of hydrogen-bond donors (Lipinski definition) is 2. The first-order chi connectivity index (χ1) is 9.66. The summed E-state index contributed by atoms with van der Waals surface area (Å²) in [7, 11) is 0. The predicted molar refractivity (Wildman–Crippen MR) is 82.1 cm³/mol. The van der Waals surface area contributed by atoms with Gasteiger partial charge in [0.15, 0.2) is 0 Å². The van der Waals surface area contributed by atoms with Crippen LogP contribution in [0.2, 0.25) is 5.02 Å². The summed E-state index contributed by atoms with van der Waals surface area (Å²) in [5.41, 5.74) is 5.15. The number of anilines is 1. The van der Waals surface area contributed by atoms with Crippen LogP contribution in [0.4, 0.5) is 5.69 Å². The molecule has 3 aromatic rings. The Morgan fingerprint density at radius 2 is 2.10 bits per heavy atom. The molecule has 2 heterocycles. The zero-order valence-electron chi connectivity index (χ0n) is 11.4. The van der Waals surface area contributed by atoms with E-state index < -0.39 is 0 Å². The summed E-state index contributed by atoms with van der Waals surface area (Å²) in [6.45, 7) is 4.75. The molecule has 0 aliphatic rings. The molecular weight excluding hydrogens is 272 g/mol. The number of nitrogens with one attached hydrogen (secondary N) is 2. The molecule has 0 bridgehead atoms. The Hall–Kier alpha value is -2.07. The molecule has 1 aromatic carbocycles. The Balaban J connectivity index is 1.94. The second kappa shape index (κ2) is 5.13. The van der Waals surface area contributed by atoms with Crippen molar-refractivity contribution in [2.75, 3.05) is 5.32 Å². The number of aromatic amines is 1. The van der Waals surface area contributed by atoms with Gasteiger partial charge in [-0.15, -0.1) is 0 Å². The average molecular weight is 287 g/mol. The lowest BCUT2D eigenvalue weighted by molar-refractivity contribution is 1.02. The zero-order valence-corrected chi connectivity index (χ0v) is 12.1. The maximum absolute atomic E-state index is 6.17. The Morgan fingerprint density at radius 3 is 2.85 bits per heavy atom. The quantitative estimate of drug-likeness (QED) is 0.769. The summed E-state index contributed by atoms with van der Waals surface area (Å²) in [4.78, 5) is 4.33. The molecule has 0 aliphatic heterocycles. The molecule has 3 rings (SSSR count). The van der Waals surface area contributed by atoms with Crippen molar-refractivity contribution in [1.82, 2.24) is 15.2 Å². The lowest BCUT2D eigenvalue weighted by Gasteiger charge is -2.10. The molecule has 2 N–H and O–H groups in total. The highest BCUT2D eigenvalue weighted by molar-refractivity contribution is 6.35. The van der Waals surface area contributed by atoms with E-state index in [1.54, 1.807) is 6.20 Å². The minimum absolute atomic E-state index is 0.668. The predicted octanol–water partition coefficient (Wildman–Crippen LogP) is 3.84. The molecule has 0 aliphatic carbocycles. The molecule has 0 spiro atoms. The highest BCUT2D eigenvalue weighted by Crippen LogP contribution is 2.28. The van der Waals surface area contributed by atoms with Gasteiger partial charge < -0.3 is 5.32 Å². The van der Waals surface area contributed by atoms with E-state index in [1.807, 2.05) is 38.1 Å².